The van der Waals surface area contributed by atoms with Crippen LogP contribution in [-0.4, -0.2) is 21.9 Å². The summed E-state index contributed by atoms with van der Waals surface area (Å²) >= 11 is 10.4. The number of amides is 1. The molecule has 1 amide bonds. The van der Waals surface area contributed by atoms with E-state index >= 15 is 0 Å². The lowest BCUT2D eigenvalue weighted by Crippen LogP contribution is -2.14. The third-order valence-electron chi connectivity index (χ3n) is 4.10. The maximum Gasteiger partial charge on any atom is 0.234 e. The lowest BCUT2D eigenvalue weighted by molar-refractivity contribution is -0.113. The van der Waals surface area contributed by atoms with Gasteiger partial charge in [-0.3, -0.25) is 4.79 Å². The standard InChI is InChI=1S/C21H19ClN4OS3/c1-13(2)15-5-3-14(4-6-15)11-28-20-25-26-21(30-20)29-12-19(27)24-18-9-17(22)8-7-16(18)10-23/h3-9,13H,11-12H2,1-2H3,(H,24,27). The van der Waals surface area contributed by atoms with Crippen LogP contribution in [0.1, 0.15) is 36.5 Å². The summed E-state index contributed by atoms with van der Waals surface area (Å²) in [5.41, 5.74) is 3.35. The highest BCUT2D eigenvalue weighted by molar-refractivity contribution is 8.03. The minimum absolute atomic E-state index is 0.174. The zero-order valence-electron chi connectivity index (χ0n) is 16.4. The van der Waals surface area contributed by atoms with E-state index < -0.39 is 0 Å². The van der Waals surface area contributed by atoms with Gasteiger partial charge in [-0.05, 0) is 35.2 Å². The molecule has 0 atom stereocenters. The van der Waals surface area contributed by atoms with Gasteiger partial charge in [-0.25, -0.2) is 0 Å². The highest BCUT2D eigenvalue weighted by Gasteiger charge is 2.11. The van der Waals surface area contributed by atoms with E-state index in [-0.39, 0.29) is 11.7 Å². The van der Waals surface area contributed by atoms with Crippen molar-refractivity contribution in [2.75, 3.05) is 11.1 Å². The Morgan fingerprint density at radius 3 is 2.53 bits per heavy atom. The highest BCUT2D eigenvalue weighted by atomic mass is 35.5. The molecule has 9 heteroatoms. The summed E-state index contributed by atoms with van der Waals surface area (Å²) in [6.07, 6.45) is 0. The summed E-state index contributed by atoms with van der Waals surface area (Å²) in [6, 6.07) is 15.4. The van der Waals surface area contributed by atoms with Crippen molar-refractivity contribution in [3.05, 3.63) is 64.2 Å². The first kappa shape index (κ1) is 22.6. The summed E-state index contributed by atoms with van der Waals surface area (Å²) in [7, 11) is 0. The van der Waals surface area contributed by atoms with Gasteiger partial charge in [0, 0.05) is 10.8 Å². The van der Waals surface area contributed by atoms with Crippen LogP contribution in [0.15, 0.2) is 51.1 Å². The topological polar surface area (TPSA) is 78.7 Å². The van der Waals surface area contributed by atoms with E-state index in [2.05, 4.69) is 53.6 Å². The first-order valence-electron chi connectivity index (χ1n) is 9.12. The van der Waals surface area contributed by atoms with Crippen LogP contribution in [0.2, 0.25) is 5.02 Å². The molecular weight excluding hydrogens is 456 g/mol. The van der Waals surface area contributed by atoms with E-state index in [0.29, 0.717) is 22.2 Å². The number of nitriles is 1. The van der Waals surface area contributed by atoms with Crippen LogP contribution in [0.25, 0.3) is 0 Å². The Bertz CT molecular complexity index is 1060. The molecule has 1 heterocycles. The average molecular weight is 475 g/mol. The summed E-state index contributed by atoms with van der Waals surface area (Å²) in [4.78, 5) is 12.2. The van der Waals surface area contributed by atoms with Crippen molar-refractivity contribution in [1.29, 1.82) is 5.26 Å². The van der Waals surface area contributed by atoms with Crippen molar-refractivity contribution in [3.63, 3.8) is 0 Å². The van der Waals surface area contributed by atoms with Crippen LogP contribution in [0.3, 0.4) is 0 Å². The number of nitrogens with one attached hydrogen (secondary N) is 1. The molecular formula is C21H19ClN4OS3. The fraction of sp³-hybridized carbons (Fsp3) is 0.238. The molecule has 3 aromatic rings. The smallest absolute Gasteiger partial charge is 0.234 e. The number of anilines is 1. The molecule has 5 nitrogen and oxygen atoms in total. The number of carbonyl (C=O) groups excluding carboxylic acids is 1. The van der Waals surface area contributed by atoms with E-state index in [1.165, 1.54) is 34.2 Å². The fourth-order valence-corrected chi connectivity index (χ4v) is 5.44. The van der Waals surface area contributed by atoms with Crippen LogP contribution >= 0.6 is 46.5 Å². The second-order valence-corrected chi connectivity index (χ2v) is 10.5. The highest BCUT2D eigenvalue weighted by Crippen LogP contribution is 2.31. The Morgan fingerprint density at radius 1 is 1.17 bits per heavy atom. The summed E-state index contributed by atoms with van der Waals surface area (Å²) in [6.45, 7) is 4.36. The molecule has 0 fully saturated rings. The van der Waals surface area contributed by atoms with Crippen molar-refractivity contribution in [2.24, 2.45) is 0 Å². The number of nitrogens with zero attached hydrogens (tertiary/aromatic N) is 3. The predicted octanol–water partition coefficient (Wildman–Crippen LogP) is 6.21. The molecule has 1 aromatic heterocycles. The molecule has 0 bridgehead atoms. The number of halogens is 1. The molecule has 0 spiro atoms. The summed E-state index contributed by atoms with van der Waals surface area (Å²) in [5, 5.41) is 20.7. The van der Waals surface area contributed by atoms with Crippen molar-refractivity contribution in [2.45, 2.75) is 34.2 Å². The summed E-state index contributed by atoms with van der Waals surface area (Å²) < 4.78 is 1.60. The number of hydrogen-bond donors (Lipinski definition) is 1. The number of benzene rings is 2. The predicted molar refractivity (Wildman–Crippen MR) is 126 cm³/mol. The Morgan fingerprint density at radius 2 is 1.87 bits per heavy atom. The van der Waals surface area contributed by atoms with Gasteiger partial charge < -0.3 is 5.32 Å². The molecule has 0 unspecified atom stereocenters. The molecule has 3 rings (SSSR count). The molecule has 1 N–H and O–H groups in total. The van der Waals surface area contributed by atoms with Crippen molar-refractivity contribution in [1.82, 2.24) is 10.2 Å². The molecule has 154 valence electrons. The van der Waals surface area contributed by atoms with E-state index in [0.717, 1.165) is 14.4 Å². The van der Waals surface area contributed by atoms with Crippen molar-refractivity contribution < 1.29 is 4.79 Å². The van der Waals surface area contributed by atoms with Gasteiger partial charge >= 0.3 is 0 Å². The van der Waals surface area contributed by atoms with Crippen molar-refractivity contribution >= 4 is 58.1 Å². The monoisotopic (exact) mass is 474 g/mol. The largest absolute Gasteiger partial charge is 0.324 e. The van der Waals surface area contributed by atoms with Crippen LogP contribution in [-0.2, 0) is 10.5 Å². The Hall–Kier alpha value is -2.05. The zero-order chi connectivity index (χ0) is 21.5. The second kappa shape index (κ2) is 10.8. The minimum Gasteiger partial charge on any atom is -0.324 e. The van der Waals surface area contributed by atoms with Gasteiger partial charge in [-0.1, -0.05) is 84.6 Å². The van der Waals surface area contributed by atoms with Gasteiger partial charge in [0.25, 0.3) is 0 Å². The summed E-state index contributed by atoms with van der Waals surface area (Å²) in [5.74, 6) is 1.29. The molecule has 0 saturated heterocycles. The number of aromatic nitrogens is 2. The normalized spacial score (nSPS) is 10.8. The fourth-order valence-electron chi connectivity index (χ4n) is 2.49. The van der Waals surface area contributed by atoms with Gasteiger partial charge in [0.2, 0.25) is 5.91 Å². The van der Waals surface area contributed by atoms with E-state index in [1.807, 2.05) is 6.07 Å². The van der Waals surface area contributed by atoms with E-state index in [1.54, 1.807) is 30.0 Å². The van der Waals surface area contributed by atoms with Gasteiger partial charge in [-0.2, -0.15) is 5.26 Å². The van der Waals surface area contributed by atoms with Crippen LogP contribution in [0, 0.1) is 11.3 Å². The Labute approximate surface area is 193 Å². The number of carbonyl (C=O) groups is 1. The Kier molecular flexibility index (Phi) is 8.16. The van der Waals surface area contributed by atoms with Gasteiger partial charge in [0.05, 0.1) is 17.0 Å². The third-order valence-corrected chi connectivity index (χ3v) is 7.60. The van der Waals surface area contributed by atoms with E-state index in [9.17, 15) is 4.79 Å². The molecule has 2 aromatic carbocycles. The SMILES string of the molecule is CC(C)c1ccc(CSc2nnc(SCC(=O)Nc3cc(Cl)ccc3C#N)s2)cc1. The van der Waals surface area contributed by atoms with Crippen LogP contribution < -0.4 is 5.32 Å². The minimum atomic E-state index is -0.228. The first-order valence-corrected chi connectivity index (χ1v) is 12.3. The Balaban J connectivity index is 1.49. The maximum absolute atomic E-state index is 12.2. The van der Waals surface area contributed by atoms with Gasteiger partial charge in [-0.15, -0.1) is 10.2 Å². The molecule has 0 aliphatic carbocycles. The molecule has 0 aliphatic heterocycles. The molecule has 30 heavy (non-hydrogen) atoms. The lowest BCUT2D eigenvalue weighted by Gasteiger charge is -2.06. The zero-order valence-corrected chi connectivity index (χ0v) is 19.6. The number of hydrogen-bond acceptors (Lipinski definition) is 7. The van der Waals surface area contributed by atoms with Crippen LogP contribution in [0.4, 0.5) is 5.69 Å². The number of rotatable bonds is 8. The number of thioether (sulfide) groups is 2. The molecule has 0 radical (unpaired) electrons. The van der Waals surface area contributed by atoms with Crippen LogP contribution in [0.5, 0.6) is 0 Å². The first-order chi connectivity index (χ1) is 14.4. The molecule has 0 aliphatic rings. The maximum atomic E-state index is 12.2. The van der Waals surface area contributed by atoms with Gasteiger partial charge in [0.15, 0.2) is 8.68 Å². The second-order valence-electron chi connectivity index (χ2n) is 6.66. The van der Waals surface area contributed by atoms with Gasteiger partial charge in [0.1, 0.15) is 6.07 Å². The average Bonchev–Trinajstić information content (AvgIpc) is 3.19. The third kappa shape index (κ3) is 6.47. The quantitative estimate of drug-likeness (QED) is 0.391. The van der Waals surface area contributed by atoms with Crippen molar-refractivity contribution in [3.8, 4) is 6.07 Å². The lowest BCUT2D eigenvalue weighted by atomic mass is 10.0. The molecule has 0 saturated carbocycles. The van der Waals surface area contributed by atoms with E-state index in [4.69, 9.17) is 16.9 Å².